The first-order valence-electron chi connectivity index (χ1n) is 12.1. The van der Waals surface area contributed by atoms with Crippen molar-refractivity contribution in [2.24, 2.45) is 0 Å². The van der Waals surface area contributed by atoms with Crippen molar-refractivity contribution >= 4 is 21.9 Å². The van der Waals surface area contributed by atoms with Crippen molar-refractivity contribution in [2.45, 2.75) is 38.8 Å². The first kappa shape index (κ1) is 26.0. The molecule has 0 spiro atoms. The molecular formula is C27H31N5O4S. The van der Waals surface area contributed by atoms with E-state index in [4.69, 9.17) is 9.47 Å². The average molecular weight is 522 g/mol. The molecule has 37 heavy (non-hydrogen) atoms. The van der Waals surface area contributed by atoms with Gasteiger partial charge in [-0.2, -0.15) is 13.4 Å². The quantitative estimate of drug-likeness (QED) is 0.273. The topological polar surface area (TPSA) is 107 Å². The number of anilines is 2. The Bertz CT molecular complexity index is 1400. The van der Waals surface area contributed by atoms with Gasteiger partial charge in [0, 0.05) is 13.1 Å². The molecule has 4 rings (SSSR count). The normalized spacial score (nSPS) is 11.2. The average Bonchev–Trinajstić information content (AvgIpc) is 3.33. The predicted molar refractivity (Wildman–Crippen MR) is 144 cm³/mol. The molecule has 0 atom stereocenters. The number of aryl methyl sites for hydroxylation is 1. The molecule has 0 aliphatic heterocycles. The van der Waals surface area contributed by atoms with E-state index in [9.17, 15) is 8.42 Å². The van der Waals surface area contributed by atoms with Gasteiger partial charge in [0.2, 0.25) is 11.9 Å². The van der Waals surface area contributed by atoms with Gasteiger partial charge < -0.3 is 20.1 Å². The van der Waals surface area contributed by atoms with Crippen molar-refractivity contribution in [1.29, 1.82) is 0 Å². The molecule has 0 aliphatic rings. The van der Waals surface area contributed by atoms with Crippen LogP contribution in [0.4, 0.5) is 11.9 Å². The lowest BCUT2D eigenvalue weighted by molar-refractivity contribution is 0.340. The van der Waals surface area contributed by atoms with Crippen molar-refractivity contribution in [2.75, 3.05) is 23.8 Å². The maximum Gasteiger partial charge on any atom is 0.286 e. The monoisotopic (exact) mass is 521 g/mol. The van der Waals surface area contributed by atoms with Crippen LogP contribution in [0.1, 0.15) is 30.5 Å². The van der Waals surface area contributed by atoms with Gasteiger partial charge in [-0.25, -0.2) is 0 Å². The molecule has 0 saturated carbocycles. The van der Waals surface area contributed by atoms with Gasteiger partial charge in [-0.1, -0.05) is 42.0 Å². The van der Waals surface area contributed by atoms with Crippen molar-refractivity contribution in [3.63, 3.8) is 0 Å². The number of nitrogens with one attached hydrogen (secondary N) is 2. The third-order valence-corrected chi connectivity index (χ3v) is 7.07. The fourth-order valence-corrected chi connectivity index (χ4v) is 4.76. The lowest BCUT2D eigenvalue weighted by Gasteiger charge is -2.10. The van der Waals surface area contributed by atoms with Gasteiger partial charge in [0.15, 0.2) is 0 Å². The van der Waals surface area contributed by atoms with Crippen LogP contribution in [0, 0.1) is 6.92 Å². The molecule has 0 radical (unpaired) electrons. The fraction of sp³-hybridized carbons (Fsp3) is 0.259. The van der Waals surface area contributed by atoms with Crippen molar-refractivity contribution in [1.82, 2.24) is 14.2 Å². The maximum absolute atomic E-state index is 13.4. The molecule has 0 unspecified atom stereocenters. The summed E-state index contributed by atoms with van der Waals surface area (Å²) in [5, 5.41) is 10.5. The van der Waals surface area contributed by atoms with Gasteiger partial charge in [-0.05, 0) is 68.3 Å². The van der Waals surface area contributed by atoms with Gasteiger partial charge in [-0.3, -0.25) is 0 Å². The highest BCUT2D eigenvalue weighted by Crippen LogP contribution is 2.21. The number of nitrogens with zero attached hydrogens (tertiary/aromatic N) is 3. The zero-order chi connectivity index (χ0) is 26.3. The summed E-state index contributed by atoms with van der Waals surface area (Å²) in [6.45, 7) is 7.72. The number of hydrogen-bond acceptors (Lipinski definition) is 8. The van der Waals surface area contributed by atoms with Crippen LogP contribution in [-0.4, -0.2) is 35.8 Å². The Labute approximate surface area is 217 Å². The predicted octanol–water partition coefficient (Wildman–Crippen LogP) is 4.85. The minimum absolute atomic E-state index is 0.114. The fourth-order valence-electron chi connectivity index (χ4n) is 3.56. The molecule has 0 saturated heterocycles. The standard InChI is InChI=1S/C27H31N5O4S/c1-4-35-23-12-8-21(9-13-23)18-28-26-30-27(29-19-22-10-14-24(15-11-22)36-5-2)32(31-26)37(33,34)25-16-6-20(3)7-17-25/h6-17H,4-5,18-19H2,1-3H3,(H2,28,29,30,31). The molecular weight excluding hydrogens is 490 g/mol. The molecule has 0 fully saturated rings. The van der Waals surface area contributed by atoms with Crippen LogP contribution in [0.5, 0.6) is 11.5 Å². The summed E-state index contributed by atoms with van der Waals surface area (Å²) in [5.74, 6) is 1.87. The van der Waals surface area contributed by atoms with E-state index in [1.165, 1.54) is 0 Å². The van der Waals surface area contributed by atoms with E-state index in [-0.39, 0.29) is 16.8 Å². The van der Waals surface area contributed by atoms with Crippen LogP contribution in [0.25, 0.3) is 0 Å². The van der Waals surface area contributed by atoms with Crippen molar-refractivity contribution in [3.05, 3.63) is 89.5 Å². The van der Waals surface area contributed by atoms with Crippen molar-refractivity contribution in [3.8, 4) is 11.5 Å². The maximum atomic E-state index is 13.4. The minimum atomic E-state index is -3.97. The minimum Gasteiger partial charge on any atom is -0.494 e. The van der Waals surface area contributed by atoms with E-state index in [1.807, 2.05) is 69.3 Å². The van der Waals surface area contributed by atoms with Gasteiger partial charge in [0.25, 0.3) is 10.0 Å². The number of rotatable bonds is 12. The molecule has 4 aromatic rings. The molecule has 1 aromatic heterocycles. The van der Waals surface area contributed by atoms with Crippen LogP contribution < -0.4 is 20.1 Å². The van der Waals surface area contributed by atoms with Crippen LogP contribution in [0.2, 0.25) is 0 Å². The molecule has 0 amide bonds. The summed E-state index contributed by atoms with van der Waals surface area (Å²) in [5.41, 5.74) is 2.88. The summed E-state index contributed by atoms with van der Waals surface area (Å²) in [4.78, 5) is 4.57. The van der Waals surface area contributed by atoms with E-state index in [0.717, 1.165) is 32.3 Å². The lowest BCUT2D eigenvalue weighted by atomic mass is 10.2. The number of aromatic nitrogens is 3. The Kier molecular flexibility index (Phi) is 8.29. The van der Waals surface area contributed by atoms with Gasteiger partial charge in [-0.15, -0.1) is 9.19 Å². The van der Waals surface area contributed by atoms with Gasteiger partial charge in [0.1, 0.15) is 11.5 Å². The molecule has 1 heterocycles. The summed E-state index contributed by atoms with van der Waals surface area (Å²) in [6.07, 6.45) is 0. The Morgan fingerprint density at radius 3 is 1.78 bits per heavy atom. The zero-order valence-electron chi connectivity index (χ0n) is 21.1. The molecule has 10 heteroatoms. The van der Waals surface area contributed by atoms with Crippen LogP contribution >= 0.6 is 0 Å². The first-order chi connectivity index (χ1) is 17.9. The number of ether oxygens (including phenoxy) is 2. The Hall–Kier alpha value is -4.05. The van der Waals surface area contributed by atoms with E-state index in [0.29, 0.717) is 26.3 Å². The van der Waals surface area contributed by atoms with Crippen LogP contribution in [0.3, 0.4) is 0 Å². The molecule has 9 nitrogen and oxygen atoms in total. The highest BCUT2D eigenvalue weighted by atomic mass is 32.2. The smallest absolute Gasteiger partial charge is 0.286 e. The third kappa shape index (κ3) is 6.59. The largest absolute Gasteiger partial charge is 0.494 e. The number of benzene rings is 3. The second-order valence-electron chi connectivity index (χ2n) is 8.28. The molecule has 0 aliphatic carbocycles. The zero-order valence-corrected chi connectivity index (χ0v) is 22.0. The Balaban J connectivity index is 1.56. The molecule has 0 bridgehead atoms. The van der Waals surface area contributed by atoms with Crippen molar-refractivity contribution < 1.29 is 17.9 Å². The van der Waals surface area contributed by atoms with E-state index in [1.54, 1.807) is 24.3 Å². The molecule has 2 N–H and O–H groups in total. The summed E-state index contributed by atoms with van der Waals surface area (Å²) in [6, 6.07) is 21.9. The highest BCUT2D eigenvalue weighted by Gasteiger charge is 2.24. The Morgan fingerprint density at radius 1 is 0.757 bits per heavy atom. The summed E-state index contributed by atoms with van der Waals surface area (Å²) in [7, 11) is -3.97. The second kappa shape index (κ2) is 11.8. The second-order valence-corrected chi connectivity index (χ2v) is 10.0. The van der Waals surface area contributed by atoms with Crippen LogP contribution in [0.15, 0.2) is 77.7 Å². The highest BCUT2D eigenvalue weighted by molar-refractivity contribution is 7.90. The number of hydrogen-bond donors (Lipinski definition) is 2. The summed E-state index contributed by atoms with van der Waals surface area (Å²) >= 11 is 0. The molecule has 3 aromatic carbocycles. The van der Waals surface area contributed by atoms with Crippen LogP contribution in [-0.2, 0) is 23.1 Å². The van der Waals surface area contributed by atoms with E-state index < -0.39 is 10.0 Å². The third-order valence-electron chi connectivity index (χ3n) is 5.50. The lowest BCUT2D eigenvalue weighted by Crippen LogP contribution is -2.18. The SMILES string of the molecule is CCOc1ccc(CNc2nc(NCc3ccc(OCC)cc3)n(S(=O)(=O)c3ccc(C)cc3)n2)cc1. The molecule has 194 valence electrons. The van der Waals surface area contributed by atoms with E-state index in [2.05, 4.69) is 20.7 Å². The van der Waals surface area contributed by atoms with E-state index >= 15 is 0 Å². The Morgan fingerprint density at radius 2 is 1.27 bits per heavy atom. The summed E-state index contributed by atoms with van der Waals surface area (Å²) < 4.78 is 38.8. The first-order valence-corrected chi connectivity index (χ1v) is 13.5. The van der Waals surface area contributed by atoms with Gasteiger partial charge in [0.05, 0.1) is 18.1 Å². The van der Waals surface area contributed by atoms with Gasteiger partial charge >= 0.3 is 0 Å².